The molecule has 3 aliphatic rings. The van der Waals surface area contributed by atoms with E-state index in [2.05, 4.69) is 34.1 Å². The number of urea groups is 1. The molecule has 3 aliphatic heterocycles. The van der Waals surface area contributed by atoms with Gasteiger partial charge in [-0.15, -0.1) is 0 Å². The summed E-state index contributed by atoms with van der Waals surface area (Å²) in [4.78, 5) is 48.3. The van der Waals surface area contributed by atoms with Crippen molar-refractivity contribution in [3.8, 4) is 0 Å². The van der Waals surface area contributed by atoms with Crippen LogP contribution in [-0.4, -0.2) is 107 Å². The van der Waals surface area contributed by atoms with Gasteiger partial charge in [0.2, 0.25) is 5.91 Å². The summed E-state index contributed by atoms with van der Waals surface area (Å²) in [5, 5.41) is 1.23. The lowest BCUT2D eigenvalue weighted by atomic mass is 10.0. The second kappa shape index (κ2) is 12.4. The number of carbonyl (C=O) groups excluding carboxylic acids is 3. The van der Waals surface area contributed by atoms with Crippen LogP contribution in [0.4, 0.5) is 15.4 Å². The van der Waals surface area contributed by atoms with Crippen molar-refractivity contribution < 1.29 is 19.1 Å². The number of unbranched alkanes of at least 4 members (excludes halogenated alkanes) is 1. The molecule has 1 atom stereocenters. The Labute approximate surface area is 244 Å². The van der Waals surface area contributed by atoms with Gasteiger partial charge in [-0.25, -0.2) is 9.59 Å². The quantitative estimate of drug-likeness (QED) is 0.376. The van der Waals surface area contributed by atoms with Crippen LogP contribution in [0.1, 0.15) is 24.8 Å². The zero-order valence-electron chi connectivity index (χ0n) is 23.2. The molecule has 0 radical (unpaired) electrons. The van der Waals surface area contributed by atoms with Crippen molar-refractivity contribution in [3.05, 3.63) is 60.2 Å². The second-order valence-corrected chi connectivity index (χ2v) is 11.7. The Balaban J connectivity index is 0.916. The van der Waals surface area contributed by atoms with Gasteiger partial charge in [0, 0.05) is 64.2 Å². The number of aromatic nitrogens is 1. The zero-order chi connectivity index (χ0) is 28.2. The number of nitrogens with zero attached hydrogens (tertiary/aromatic N) is 6. The first-order valence-electron chi connectivity index (χ1n) is 14.4. The lowest BCUT2D eigenvalue weighted by Crippen LogP contribution is -2.64. The van der Waals surface area contributed by atoms with Crippen molar-refractivity contribution in [1.29, 1.82) is 0 Å². The Morgan fingerprint density at radius 2 is 1.66 bits per heavy atom. The SMILES string of the molecule is O=C(OCc1ccccc1)N1CCN2C(=O)N(CCCCN3CCN(c4nsc5ccccc45)CC3)C(=O)C[C@@H]2C1. The third kappa shape index (κ3) is 6.15. The summed E-state index contributed by atoms with van der Waals surface area (Å²) in [6.45, 7) is 6.58. The van der Waals surface area contributed by atoms with E-state index in [0.29, 0.717) is 26.2 Å². The van der Waals surface area contributed by atoms with Crippen LogP contribution in [0.25, 0.3) is 10.1 Å². The highest BCUT2D eigenvalue weighted by molar-refractivity contribution is 7.13. The van der Waals surface area contributed by atoms with E-state index in [1.165, 1.54) is 15.0 Å². The third-order valence-corrected chi connectivity index (χ3v) is 9.09. The number of benzene rings is 2. The van der Waals surface area contributed by atoms with Gasteiger partial charge in [-0.05, 0) is 48.6 Å². The summed E-state index contributed by atoms with van der Waals surface area (Å²) in [6.07, 6.45) is 1.55. The Bertz CT molecular complexity index is 1380. The Morgan fingerprint density at radius 1 is 0.902 bits per heavy atom. The van der Waals surface area contributed by atoms with E-state index in [9.17, 15) is 14.4 Å². The molecule has 2 aromatic carbocycles. The number of rotatable bonds is 8. The molecule has 216 valence electrons. The van der Waals surface area contributed by atoms with Crippen LogP contribution in [0, 0.1) is 0 Å². The summed E-state index contributed by atoms with van der Waals surface area (Å²) in [7, 11) is 0. The van der Waals surface area contributed by atoms with Crippen LogP contribution in [0.3, 0.4) is 0 Å². The fourth-order valence-electron chi connectivity index (χ4n) is 5.94. The number of piperazine rings is 2. The van der Waals surface area contributed by atoms with E-state index in [-0.39, 0.29) is 31.0 Å². The van der Waals surface area contributed by atoms with Gasteiger partial charge < -0.3 is 19.4 Å². The van der Waals surface area contributed by atoms with Gasteiger partial charge in [0.25, 0.3) is 0 Å². The van der Waals surface area contributed by atoms with Gasteiger partial charge in [0.15, 0.2) is 0 Å². The largest absolute Gasteiger partial charge is 0.445 e. The Morgan fingerprint density at radius 3 is 2.49 bits per heavy atom. The molecule has 0 unspecified atom stereocenters. The highest BCUT2D eigenvalue weighted by Crippen LogP contribution is 2.30. The van der Waals surface area contributed by atoms with Crippen molar-refractivity contribution >= 4 is 45.5 Å². The van der Waals surface area contributed by atoms with Crippen LogP contribution in [0.15, 0.2) is 54.6 Å². The predicted octanol–water partition coefficient (Wildman–Crippen LogP) is 3.87. The van der Waals surface area contributed by atoms with Gasteiger partial charge in [-0.3, -0.25) is 14.6 Å². The number of hydrogen-bond acceptors (Lipinski definition) is 8. The first-order chi connectivity index (χ1) is 20.1. The van der Waals surface area contributed by atoms with Crippen LogP contribution < -0.4 is 4.90 Å². The highest BCUT2D eigenvalue weighted by atomic mass is 32.1. The molecule has 0 bridgehead atoms. The fourth-order valence-corrected chi connectivity index (χ4v) is 6.74. The predicted molar refractivity (Wildman–Crippen MR) is 158 cm³/mol. The highest BCUT2D eigenvalue weighted by Gasteiger charge is 2.42. The van der Waals surface area contributed by atoms with Crippen molar-refractivity contribution in [2.45, 2.75) is 31.9 Å². The minimum Gasteiger partial charge on any atom is -0.445 e. The van der Waals surface area contributed by atoms with Gasteiger partial charge >= 0.3 is 12.1 Å². The first-order valence-corrected chi connectivity index (χ1v) is 15.2. The molecule has 4 heterocycles. The van der Waals surface area contributed by atoms with Gasteiger partial charge in [0.05, 0.1) is 10.7 Å². The lowest BCUT2D eigenvalue weighted by molar-refractivity contribution is -0.133. The summed E-state index contributed by atoms with van der Waals surface area (Å²) in [5.41, 5.74) is 0.921. The topological polar surface area (TPSA) is 89.5 Å². The maximum absolute atomic E-state index is 13.2. The molecule has 1 aromatic heterocycles. The summed E-state index contributed by atoms with van der Waals surface area (Å²) in [5.74, 6) is 0.940. The van der Waals surface area contributed by atoms with E-state index >= 15 is 0 Å². The molecule has 0 saturated carbocycles. The molecule has 0 aliphatic carbocycles. The molecule has 41 heavy (non-hydrogen) atoms. The van der Waals surface area contributed by atoms with Crippen molar-refractivity contribution in [2.24, 2.45) is 0 Å². The molecule has 4 amide bonds. The van der Waals surface area contributed by atoms with E-state index in [1.807, 2.05) is 30.3 Å². The number of ether oxygens (including phenoxy) is 1. The van der Waals surface area contributed by atoms with Crippen molar-refractivity contribution in [2.75, 3.05) is 63.8 Å². The zero-order valence-corrected chi connectivity index (χ0v) is 24.0. The average Bonchev–Trinajstić information content (AvgIpc) is 3.44. The summed E-state index contributed by atoms with van der Waals surface area (Å²) < 4.78 is 11.4. The standard InChI is InChI=1S/C30H36N6O4S/c37-27-20-24-21-34(30(39)40-22-23-8-2-1-3-9-23)18-19-35(24)29(38)36(27)13-7-6-12-32-14-16-33(17-15-32)28-25-10-4-5-11-26(25)41-31-28/h1-5,8-11,24H,6-7,12-22H2/t24-/m1/s1. The number of carbonyl (C=O) groups is 3. The summed E-state index contributed by atoms with van der Waals surface area (Å²) >= 11 is 1.56. The van der Waals surface area contributed by atoms with Gasteiger partial charge in [-0.1, -0.05) is 42.5 Å². The monoisotopic (exact) mass is 576 g/mol. The van der Waals surface area contributed by atoms with E-state index in [0.717, 1.165) is 56.9 Å². The molecule has 3 aromatic rings. The third-order valence-electron chi connectivity index (χ3n) is 8.27. The number of fused-ring (bicyclic) bond motifs is 2. The number of hydrogen-bond donors (Lipinski definition) is 0. The van der Waals surface area contributed by atoms with E-state index < -0.39 is 6.09 Å². The molecule has 3 saturated heterocycles. The van der Waals surface area contributed by atoms with E-state index in [4.69, 9.17) is 9.11 Å². The molecule has 0 N–H and O–H groups in total. The minimum absolute atomic E-state index is 0.153. The van der Waals surface area contributed by atoms with Crippen molar-refractivity contribution in [3.63, 3.8) is 0 Å². The van der Waals surface area contributed by atoms with Crippen LogP contribution >= 0.6 is 11.5 Å². The maximum Gasteiger partial charge on any atom is 0.410 e. The van der Waals surface area contributed by atoms with Gasteiger partial charge in [0.1, 0.15) is 12.4 Å². The van der Waals surface area contributed by atoms with Crippen LogP contribution in [0.5, 0.6) is 0 Å². The average molecular weight is 577 g/mol. The molecule has 11 heteroatoms. The first kappa shape index (κ1) is 27.5. The maximum atomic E-state index is 13.2. The van der Waals surface area contributed by atoms with Crippen LogP contribution in [-0.2, 0) is 16.1 Å². The minimum atomic E-state index is -0.406. The van der Waals surface area contributed by atoms with E-state index in [1.54, 1.807) is 21.3 Å². The smallest absolute Gasteiger partial charge is 0.410 e. The molecule has 6 rings (SSSR count). The lowest BCUT2D eigenvalue weighted by Gasteiger charge is -2.45. The molecular formula is C30H36N6O4S. The molecule has 3 fully saturated rings. The normalized spacial score (nSPS) is 20.0. The van der Waals surface area contributed by atoms with Crippen molar-refractivity contribution in [1.82, 2.24) is 24.0 Å². The second-order valence-electron chi connectivity index (χ2n) is 10.9. The molecular weight excluding hydrogens is 540 g/mol. The number of anilines is 1. The number of amides is 4. The summed E-state index contributed by atoms with van der Waals surface area (Å²) in [6, 6.07) is 17.4. The fraction of sp³-hybridized carbons (Fsp3) is 0.467. The van der Waals surface area contributed by atoms with Crippen LogP contribution in [0.2, 0.25) is 0 Å². The Hall–Kier alpha value is -3.70. The Kier molecular flexibility index (Phi) is 8.33. The molecule has 0 spiro atoms. The molecule has 10 nitrogen and oxygen atoms in total. The van der Waals surface area contributed by atoms with Gasteiger partial charge in [-0.2, -0.15) is 4.37 Å². The number of imide groups is 1.